The van der Waals surface area contributed by atoms with E-state index in [0.717, 1.165) is 21.7 Å². The largest absolute Gasteiger partial charge is 0.363 e. The van der Waals surface area contributed by atoms with Gasteiger partial charge in [-0.15, -0.1) is 11.3 Å². The molecule has 1 unspecified atom stereocenters. The molecule has 6 heteroatoms. The molecule has 5 nitrogen and oxygen atoms in total. The fraction of sp³-hybridized carbons (Fsp3) is 0.357. The minimum Gasteiger partial charge on any atom is -0.363 e. The minimum absolute atomic E-state index is 0.154. The van der Waals surface area contributed by atoms with Gasteiger partial charge in [0.2, 0.25) is 0 Å². The summed E-state index contributed by atoms with van der Waals surface area (Å²) >= 11 is 1.63. The number of rotatable bonds is 3. The first-order valence-corrected chi connectivity index (χ1v) is 7.40. The molecule has 3 aromatic rings. The first kappa shape index (κ1) is 13.1. The van der Waals surface area contributed by atoms with Crippen molar-refractivity contribution >= 4 is 27.4 Å². The van der Waals surface area contributed by atoms with Crippen molar-refractivity contribution in [1.29, 1.82) is 0 Å². The zero-order chi connectivity index (χ0) is 14.3. The highest BCUT2D eigenvalue weighted by molar-refractivity contribution is 7.16. The van der Waals surface area contributed by atoms with Gasteiger partial charge in [0.15, 0.2) is 0 Å². The molecule has 3 aromatic heterocycles. The second kappa shape index (κ2) is 4.86. The molecule has 1 atom stereocenters. The lowest BCUT2D eigenvalue weighted by atomic mass is 10.1. The van der Waals surface area contributed by atoms with E-state index in [0.29, 0.717) is 0 Å². The lowest BCUT2D eigenvalue weighted by molar-refractivity contribution is 0.728. The van der Waals surface area contributed by atoms with Crippen LogP contribution in [0.2, 0.25) is 0 Å². The first-order valence-electron chi connectivity index (χ1n) is 6.52. The quantitative estimate of drug-likeness (QED) is 0.803. The molecule has 0 aliphatic rings. The molecule has 0 spiro atoms. The summed E-state index contributed by atoms with van der Waals surface area (Å²) in [6.45, 7) is 6.27. The standard InChI is InChI=1S/C14H17N5S/c1-8(12-9(2)18-19(4)10(12)3)17-13-11-5-6-20-14(11)16-7-15-13/h5-8H,1-4H3,(H,15,16,17). The van der Waals surface area contributed by atoms with E-state index >= 15 is 0 Å². The molecule has 104 valence electrons. The molecule has 0 aliphatic heterocycles. The Morgan fingerprint density at radius 2 is 2.10 bits per heavy atom. The van der Waals surface area contributed by atoms with Gasteiger partial charge in [0, 0.05) is 18.3 Å². The number of nitrogens with one attached hydrogen (secondary N) is 1. The van der Waals surface area contributed by atoms with Crippen LogP contribution in [0.15, 0.2) is 17.8 Å². The van der Waals surface area contributed by atoms with Crippen molar-refractivity contribution in [1.82, 2.24) is 19.7 Å². The Morgan fingerprint density at radius 1 is 1.30 bits per heavy atom. The number of aromatic nitrogens is 4. The van der Waals surface area contributed by atoms with Gasteiger partial charge in [-0.1, -0.05) is 0 Å². The summed E-state index contributed by atoms with van der Waals surface area (Å²) in [6.07, 6.45) is 1.61. The van der Waals surface area contributed by atoms with Crippen LogP contribution in [-0.4, -0.2) is 19.7 Å². The van der Waals surface area contributed by atoms with E-state index in [-0.39, 0.29) is 6.04 Å². The highest BCUT2D eigenvalue weighted by atomic mass is 32.1. The molecule has 1 N–H and O–H groups in total. The molecule has 0 aliphatic carbocycles. The van der Waals surface area contributed by atoms with Crippen LogP contribution in [-0.2, 0) is 7.05 Å². The SMILES string of the molecule is Cc1nn(C)c(C)c1C(C)Nc1ncnc2sccc12. The van der Waals surface area contributed by atoms with Gasteiger partial charge in [0.1, 0.15) is 17.0 Å². The van der Waals surface area contributed by atoms with E-state index < -0.39 is 0 Å². The van der Waals surface area contributed by atoms with Gasteiger partial charge in [-0.05, 0) is 32.2 Å². The maximum absolute atomic E-state index is 4.47. The van der Waals surface area contributed by atoms with Crippen molar-refractivity contribution < 1.29 is 0 Å². The molecule has 0 fully saturated rings. The van der Waals surface area contributed by atoms with Gasteiger partial charge in [0.05, 0.1) is 17.1 Å². The van der Waals surface area contributed by atoms with Gasteiger partial charge in [-0.3, -0.25) is 4.68 Å². The van der Waals surface area contributed by atoms with Gasteiger partial charge < -0.3 is 5.32 Å². The number of hydrogen-bond donors (Lipinski definition) is 1. The number of nitrogens with zero attached hydrogens (tertiary/aromatic N) is 4. The molecule has 0 saturated heterocycles. The Morgan fingerprint density at radius 3 is 2.80 bits per heavy atom. The topological polar surface area (TPSA) is 55.6 Å². The van der Waals surface area contributed by atoms with Crippen LogP contribution in [0.4, 0.5) is 5.82 Å². The summed E-state index contributed by atoms with van der Waals surface area (Å²) in [5.74, 6) is 0.881. The average molecular weight is 287 g/mol. The molecule has 20 heavy (non-hydrogen) atoms. The van der Waals surface area contributed by atoms with E-state index in [1.807, 2.05) is 24.0 Å². The van der Waals surface area contributed by atoms with Crippen molar-refractivity contribution in [3.63, 3.8) is 0 Å². The number of aryl methyl sites for hydroxylation is 2. The summed E-state index contributed by atoms with van der Waals surface area (Å²) in [4.78, 5) is 9.65. The number of thiophene rings is 1. The normalized spacial score (nSPS) is 12.8. The van der Waals surface area contributed by atoms with Crippen molar-refractivity contribution in [3.8, 4) is 0 Å². The highest BCUT2D eigenvalue weighted by Crippen LogP contribution is 2.28. The van der Waals surface area contributed by atoms with Crippen LogP contribution in [0.25, 0.3) is 10.2 Å². The Bertz CT molecular complexity index is 758. The van der Waals surface area contributed by atoms with E-state index in [2.05, 4.69) is 40.3 Å². The van der Waals surface area contributed by atoms with Crippen LogP contribution in [0, 0.1) is 13.8 Å². The predicted molar refractivity (Wildman–Crippen MR) is 82.1 cm³/mol. The first-order chi connectivity index (χ1) is 9.58. The van der Waals surface area contributed by atoms with E-state index in [4.69, 9.17) is 0 Å². The summed E-state index contributed by atoms with van der Waals surface area (Å²) in [7, 11) is 1.97. The highest BCUT2D eigenvalue weighted by Gasteiger charge is 2.17. The predicted octanol–water partition coefficient (Wildman–Crippen LogP) is 3.21. The van der Waals surface area contributed by atoms with Crippen molar-refractivity contribution in [2.24, 2.45) is 7.05 Å². The molecule has 3 heterocycles. The van der Waals surface area contributed by atoms with E-state index in [1.54, 1.807) is 17.7 Å². The van der Waals surface area contributed by atoms with E-state index in [9.17, 15) is 0 Å². The fourth-order valence-electron chi connectivity index (χ4n) is 2.60. The zero-order valence-corrected chi connectivity index (χ0v) is 12.8. The summed E-state index contributed by atoms with van der Waals surface area (Å²) < 4.78 is 1.92. The van der Waals surface area contributed by atoms with Gasteiger partial charge >= 0.3 is 0 Å². The average Bonchev–Trinajstić information content (AvgIpc) is 2.96. The maximum Gasteiger partial charge on any atom is 0.138 e. The summed E-state index contributed by atoms with van der Waals surface area (Å²) in [6, 6.07) is 2.21. The van der Waals surface area contributed by atoms with Crippen LogP contribution in [0.1, 0.15) is 29.9 Å². The minimum atomic E-state index is 0.154. The van der Waals surface area contributed by atoms with Crippen LogP contribution < -0.4 is 5.32 Å². The van der Waals surface area contributed by atoms with Crippen molar-refractivity contribution in [3.05, 3.63) is 34.7 Å². The smallest absolute Gasteiger partial charge is 0.138 e. The van der Waals surface area contributed by atoms with Crippen LogP contribution in [0.3, 0.4) is 0 Å². The number of anilines is 1. The third kappa shape index (κ3) is 2.06. The monoisotopic (exact) mass is 287 g/mol. The molecule has 0 radical (unpaired) electrons. The fourth-order valence-corrected chi connectivity index (χ4v) is 3.33. The third-order valence-corrected chi connectivity index (χ3v) is 4.43. The summed E-state index contributed by atoms with van der Waals surface area (Å²) in [5, 5.41) is 11.1. The van der Waals surface area contributed by atoms with Gasteiger partial charge in [-0.25, -0.2) is 9.97 Å². The zero-order valence-electron chi connectivity index (χ0n) is 12.0. The Labute approximate surface area is 121 Å². The molecule has 0 saturated carbocycles. The van der Waals surface area contributed by atoms with Crippen LogP contribution >= 0.6 is 11.3 Å². The van der Waals surface area contributed by atoms with Crippen LogP contribution in [0.5, 0.6) is 0 Å². The second-order valence-corrected chi connectivity index (χ2v) is 5.83. The van der Waals surface area contributed by atoms with Crippen molar-refractivity contribution in [2.45, 2.75) is 26.8 Å². The maximum atomic E-state index is 4.47. The van der Waals surface area contributed by atoms with Crippen molar-refractivity contribution in [2.75, 3.05) is 5.32 Å². The second-order valence-electron chi connectivity index (χ2n) is 4.94. The molecule has 0 aromatic carbocycles. The number of fused-ring (bicyclic) bond motifs is 1. The van der Waals surface area contributed by atoms with Gasteiger partial charge in [-0.2, -0.15) is 5.10 Å². The van der Waals surface area contributed by atoms with Gasteiger partial charge in [0.25, 0.3) is 0 Å². The third-order valence-electron chi connectivity index (χ3n) is 3.61. The molecule has 3 rings (SSSR count). The molecular weight excluding hydrogens is 270 g/mol. The lowest BCUT2D eigenvalue weighted by Gasteiger charge is -2.15. The Kier molecular flexibility index (Phi) is 3.17. The molecule has 0 bridgehead atoms. The number of hydrogen-bond acceptors (Lipinski definition) is 5. The lowest BCUT2D eigenvalue weighted by Crippen LogP contribution is -2.10. The summed E-state index contributed by atoms with van der Waals surface area (Å²) in [5.41, 5.74) is 3.47. The Hall–Kier alpha value is -1.95. The Balaban J connectivity index is 1.96. The molecule has 0 amide bonds. The molecular formula is C14H17N5S. The van der Waals surface area contributed by atoms with E-state index in [1.165, 1.54) is 11.3 Å².